The number of halogens is 2. The number of nitrogen functional groups attached to an aromatic ring is 1. The highest BCUT2D eigenvalue weighted by molar-refractivity contribution is 6.36. The summed E-state index contributed by atoms with van der Waals surface area (Å²) < 4.78 is 12.8. The van der Waals surface area contributed by atoms with E-state index in [1.54, 1.807) is 6.07 Å². The zero-order valence-corrected chi connectivity index (χ0v) is 11.6. The number of nitrogens with zero attached hydrogens (tertiary/aromatic N) is 1. The first-order valence-corrected chi connectivity index (χ1v) is 6.96. The predicted octanol–water partition coefficient (Wildman–Crippen LogP) is 3.95. The van der Waals surface area contributed by atoms with Crippen molar-refractivity contribution in [3.8, 4) is 11.1 Å². The van der Waals surface area contributed by atoms with E-state index in [1.807, 2.05) is 12.1 Å². The predicted molar refractivity (Wildman–Crippen MR) is 80.3 cm³/mol. The number of anilines is 2. The quantitative estimate of drug-likeness (QED) is 0.662. The summed E-state index contributed by atoms with van der Waals surface area (Å²) in [4.78, 5) is 3.63. The Hall–Kier alpha value is -1.81. The molecule has 2 aromatic rings. The van der Waals surface area contributed by atoms with Gasteiger partial charge in [-0.1, -0.05) is 17.7 Å². The number of nitrogens with two attached hydrogens (primary N) is 1. The Morgan fingerprint density at radius 2 is 2.10 bits per heavy atom. The first-order chi connectivity index (χ1) is 9.65. The average molecular weight is 292 g/mol. The summed E-state index contributed by atoms with van der Waals surface area (Å²) in [5, 5.41) is 3.79. The van der Waals surface area contributed by atoms with E-state index in [-0.39, 0.29) is 0 Å². The molecule has 0 radical (unpaired) electrons. The zero-order valence-electron chi connectivity index (χ0n) is 10.9. The summed E-state index contributed by atoms with van der Waals surface area (Å²) in [5.74, 6) is 0.245. The van der Waals surface area contributed by atoms with Crippen LogP contribution >= 0.6 is 11.6 Å². The lowest BCUT2D eigenvalue weighted by atomic mass is 10.1. The van der Waals surface area contributed by atoms with Gasteiger partial charge in [-0.3, -0.25) is 0 Å². The number of pyridine rings is 1. The molecule has 1 fully saturated rings. The molecule has 0 unspecified atom stereocenters. The molecule has 0 bridgehead atoms. The van der Waals surface area contributed by atoms with Crippen molar-refractivity contribution in [3.05, 3.63) is 41.4 Å². The van der Waals surface area contributed by atoms with Gasteiger partial charge in [-0.15, -0.1) is 0 Å². The molecule has 0 spiro atoms. The second-order valence-corrected chi connectivity index (χ2v) is 5.46. The summed E-state index contributed by atoms with van der Waals surface area (Å²) >= 11 is 6.32. The highest BCUT2D eigenvalue weighted by Gasteiger charge is 2.21. The van der Waals surface area contributed by atoms with Gasteiger partial charge in [0.2, 0.25) is 5.95 Å². The molecule has 3 N–H and O–H groups in total. The van der Waals surface area contributed by atoms with Crippen molar-refractivity contribution < 1.29 is 4.39 Å². The standard InChI is InChI=1S/C15H15ClFN3/c16-14-11(10-3-6-13(17)20-8-10)4-5-12(15(14)18)19-7-9-1-2-9/h3-6,8-9,19H,1-2,7,18H2. The smallest absolute Gasteiger partial charge is 0.212 e. The molecule has 104 valence electrons. The molecular weight excluding hydrogens is 277 g/mol. The van der Waals surface area contributed by atoms with E-state index in [0.717, 1.165) is 29.3 Å². The summed E-state index contributed by atoms with van der Waals surface area (Å²) in [6, 6.07) is 6.73. The van der Waals surface area contributed by atoms with Crippen molar-refractivity contribution in [2.75, 3.05) is 17.6 Å². The molecule has 1 aromatic heterocycles. The van der Waals surface area contributed by atoms with Gasteiger partial charge in [0.1, 0.15) is 0 Å². The van der Waals surface area contributed by atoms with Crippen LogP contribution in [0.15, 0.2) is 30.5 Å². The number of hydrogen-bond acceptors (Lipinski definition) is 3. The molecule has 0 amide bonds. The SMILES string of the molecule is Nc1c(NCC2CC2)ccc(-c2ccc(F)nc2)c1Cl. The fraction of sp³-hybridized carbons (Fsp3) is 0.267. The van der Waals surface area contributed by atoms with Gasteiger partial charge in [-0.2, -0.15) is 4.39 Å². The van der Waals surface area contributed by atoms with Crippen LogP contribution < -0.4 is 11.1 Å². The Morgan fingerprint density at radius 3 is 2.75 bits per heavy atom. The van der Waals surface area contributed by atoms with Gasteiger partial charge in [-0.05, 0) is 37.0 Å². The lowest BCUT2D eigenvalue weighted by molar-refractivity contribution is 0.584. The van der Waals surface area contributed by atoms with Crippen molar-refractivity contribution in [2.24, 2.45) is 5.92 Å². The van der Waals surface area contributed by atoms with Gasteiger partial charge < -0.3 is 11.1 Å². The first kappa shape index (κ1) is 13.2. The molecule has 1 heterocycles. The number of hydrogen-bond donors (Lipinski definition) is 2. The van der Waals surface area contributed by atoms with E-state index in [0.29, 0.717) is 10.7 Å². The maximum absolute atomic E-state index is 12.8. The lowest BCUT2D eigenvalue weighted by Gasteiger charge is -2.13. The third-order valence-electron chi connectivity index (χ3n) is 3.50. The maximum Gasteiger partial charge on any atom is 0.212 e. The minimum absolute atomic E-state index is 0.471. The Balaban J connectivity index is 1.88. The molecule has 1 aliphatic carbocycles. The van der Waals surface area contributed by atoms with Crippen LogP contribution in [0.25, 0.3) is 11.1 Å². The zero-order chi connectivity index (χ0) is 14.1. The minimum atomic E-state index is -0.513. The summed E-state index contributed by atoms with van der Waals surface area (Å²) in [5.41, 5.74) is 8.94. The van der Waals surface area contributed by atoms with Gasteiger partial charge in [0.25, 0.3) is 0 Å². The molecule has 1 aliphatic rings. The number of aromatic nitrogens is 1. The molecule has 0 atom stereocenters. The van der Waals surface area contributed by atoms with Gasteiger partial charge in [0.15, 0.2) is 0 Å². The molecule has 3 nitrogen and oxygen atoms in total. The largest absolute Gasteiger partial charge is 0.396 e. The third-order valence-corrected chi connectivity index (χ3v) is 3.90. The number of nitrogens with one attached hydrogen (secondary N) is 1. The summed E-state index contributed by atoms with van der Waals surface area (Å²) in [6.07, 6.45) is 4.01. The molecule has 1 aromatic carbocycles. The molecule has 20 heavy (non-hydrogen) atoms. The van der Waals surface area contributed by atoms with E-state index in [1.165, 1.54) is 25.1 Å². The highest BCUT2D eigenvalue weighted by Crippen LogP contribution is 2.37. The molecular formula is C15H15ClFN3. The van der Waals surface area contributed by atoms with Crippen LogP contribution in [0.4, 0.5) is 15.8 Å². The Labute approximate surface area is 122 Å². The Morgan fingerprint density at radius 1 is 1.30 bits per heavy atom. The molecule has 1 saturated carbocycles. The minimum Gasteiger partial charge on any atom is -0.396 e. The normalized spacial score (nSPS) is 14.3. The fourth-order valence-electron chi connectivity index (χ4n) is 2.08. The topological polar surface area (TPSA) is 50.9 Å². The average Bonchev–Trinajstić information content (AvgIpc) is 3.26. The van der Waals surface area contributed by atoms with Crippen LogP contribution in [0.3, 0.4) is 0 Å². The van der Waals surface area contributed by atoms with Crippen molar-refractivity contribution in [1.82, 2.24) is 4.98 Å². The first-order valence-electron chi connectivity index (χ1n) is 6.59. The van der Waals surface area contributed by atoms with Crippen LogP contribution in [-0.2, 0) is 0 Å². The summed E-state index contributed by atoms with van der Waals surface area (Å²) in [6.45, 7) is 0.929. The van der Waals surface area contributed by atoms with Crippen LogP contribution in [0, 0.1) is 11.9 Å². The van der Waals surface area contributed by atoms with E-state index in [4.69, 9.17) is 17.3 Å². The van der Waals surface area contributed by atoms with Crippen molar-refractivity contribution in [3.63, 3.8) is 0 Å². The van der Waals surface area contributed by atoms with Crippen LogP contribution in [0.5, 0.6) is 0 Å². The molecule has 0 saturated heterocycles. The Kier molecular flexibility index (Phi) is 3.49. The van der Waals surface area contributed by atoms with Crippen molar-refractivity contribution >= 4 is 23.0 Å². The Bertz CT molecular complexity index is 624. The van der Waals surface area contributed by atoms with Gasteiger partial charge in [-0.25, -0.2) is 4.98 Å². The lowest BCUT2D eigenvalue weighted by Crippen LogP contribution is -2.06. The van der Waals surface area contributed by atoms with Gasteiger partial charge >= 0.3 is 0 Å². The van der Waals surface area contributed by atoms with E-state index in [2.05, 4.69) is 10.3 Å². The molecule has 5 heteroatoms. The second kappa shape index (κ2) is 5.29. The van der Waals surface area contributed by atoms with Crippen LogP contribution in [0.1, 0.15) is 12.8 Å². The highest BCUT2D eigenvalue weighted by atomic mass is 35.5. The van der Waals surface area contributed by atoms with Gasteiger partial charge in [0, 0.05) is 23.9 Å². The summed E-state index contributed by atoms with van der Waals surface area (Å²) in [7, 11) is 0. The fourth-order valence-corrected chi connectivity index (χ4v) is 2.36. The van der Waals surface area contributed by atoms with Crippen LogP contribution in [0.2, 0.25) is 5.02 Å². The number of rotatable bonds is 4. The van der Waals surface area contributed by atoms with E-state index < -0.39 is 5.95 Å². The van der Waals surface area contributed by atoms with Gasteiger partial charge in [0.05, 0.1) is 16.4 Å². The number of benzene rings is 1. The van der Waals surface area contributed by atoms with Crippen LogP contribution in [-0.4, -0.2) is 11.5 Å². The second-order valence-electron chi connectivity index (χ2n) is 5.08. The van der Waals surface area contributed by atoms with Crippen molar-refractivity contribution in [2.45, 2.75) is 12.8 Å². The monoisotopic (exact) mass is 291 g/mol. The maximum atomic E-state index is 12.8. The van der Waals surface area contributed by atoms with E-state index in [9.17, 15) is 4.39 Å². The van der Waals surface area contributed by atoms with E-state index >= 15 is 0 Å². The molecule has 3 rings (SSSR count). The van der Waals surface area contributed by atoms with Crippen molar-refractivity contribution in [1.29, 1.82) is 0 Å². The third kappa shape index (κ3) is 2.70. The molecule has 0 aliphatic heterocycles.